The summed E-state index contributed by atoms with van der Waals surface area (Å²) in [5, 5.41) is 10.1. The van der Waals surface area contributed by atoms with Crippen molar-refractivity contribution in [1.29, 1.82) is 0 Å². The van der Waals surface area contributed by atoms with Gasteiger partial charge in [0.05, 0.1) is 12.5 Å². The number of carbonyl (C=O) groups excluding carboxylic acids is 1. The third-order valence-corrected chi connectivity index (χ3v) is 5.71. The Bertz CT molecular complexity index is 807. The molecule has 1 unspecified atom stereocenters. The Morgan fingerprint density at radius 3 is 2.76 bits per heavy atom. The topological polar surface area (TPSA) is 73.4 Å². The number of aromatic amines is 1. The number of H-pyrrole nitrogens is 1. The lowest BCUT2D eigenvalue weighted by atomic mass is 9.87. The van der Waals surface area contributed by atoms with E-state index in [0.717, 1.165) is 16.7 Å². The van der Waals surface area contributed by atoms with Crippen LogP contribution < -0.4 is 0 Å². The van der Waals surface area contributed by atoms with Gasteiger partial charge < -0.3 is 15.0 Å². The first-order valence-corrected chi connectivity index (χ1v) is 9.65. The highest BCUT2D eigenvalue weighted by atomic mass is 32.2. The van der Waals surface area contributed by atoms with Crippen LogP contribution in [0.15, 0.2) is 24.3 Å². The van der Waals surface area contributed by atoms with E-state index in [0.29, 0.717) is 18.0 Å². The van der Waals surface area contributed by atoms with Crippen molar-refractivity contribution in [3.8, 4) is 0 Å². The number of fused-ring (bicyclic) bond motifs is 1. The van der Waals surface area contributed by atoms with Gasteiger partial charge in [-0.15, -0.1) is 0 Å². The summed E-state index contributed by atoms with van der Waals surface area (Å²) in [6, 6.07) is 7.83. The molecule has 1 aromatic heterocycles. The molecule has 1 atom stereocenters. The zero-order valence-corrected chi connectivity index (χ0v) is 15.7. The van der Waals surface area contributed by atoms with Crippen molar-refractivity contribution < 1.29 is 14.7 Å². The van der Waals surface area contributed by atoms with Crippen molar-refractivity contribution in [2.24, 2.45) is 0 Å². The van der Waals surface area contributed by atoms with Gasteiger partial charge in [0.25, 0.3) is 5.91 Å². The maximum Gasteiger partial charge on any atom is 0.305 e. The van der Waals surface area contributed by atoms with Gasteiger partial charge in [-0.1, -0.05) is 32.9 Å². The van der Waals surface area contributed by atoms with Crippen LogP contribution in [0, 0.1) is 0 Å². The fraction of sp³-hybridized carbons (Fsp3) is 0.474. The predicted octanol–water partition coefficient (Wildman–Crippen LogP) is 3.50. The number of carbonyl (C=O) groups is 2. The minimum Gasteiger partial charge on any atom is -0.481 e. The number of aliphatic carboxylic acids is 1. The molecular weight excluding hydrogens is 336 g/mol. The standard InChI is InChI=1S/C19H24N2O3S/c1-19(2,3)13-5-4-12-8-16(20-15(12)9-13)18(24)21-6-7-25-11-14(21)10-17(22)23/h4-5,8-9,14,20H,6-7,10-11H2,1-3H3,(H,22,23). The van der Waals surface area contributed by atoms with Gasteiger partial charge in [-0.25, -0.2) is 0 Å². The predicted molar refractivity (Wildman–Crippen MR) is 101 cm³/mol. The van der Waals surface area contributed by atoms with Crippen molar-refractivity contribution >= 4 is 34.5 Å². The van der Waals surface area contributed by atoms with Crippen molar-refractivity contribution in [3.05, 3.63) is 35.5 Å². The SMILES string of the molecule is CC(C)(C)c1ccc2cc(C(=O)N3CCSCC3CC(=O)O)[nH]c2c1. The number of amides is 1. The van der Waals surface area contributed by atoms with Gasteiger partial charge in [0.1, 0.15) is 5.69 Å². The summed E-state index contributed by atoms with van der Waals surface area (Å²) in [7, 11) is 0. The smallest absolute Gasteiger partial charge is 0.305 e. The maximum absolute atomic E-state index is 12.9. The summed E-state index contributed by atoms with van der Waals surface area (Å²) in [5.41, 5.74) is 2.72. The first-order valence-electron chi connectivity index (χ1n) is 8.49. The molecule has 0 radical (unpaired) electrons. The van der Waals surface area contributed by atoms with Crippen LogP contribution in [0.25, 0.3) is 10.9 Å². The summed E-state index contributed by atoms with van der Waals surface area (Å²) in [4.78, 5) is 29.0. The van der Waals surface area contributed by atoms with Crippen molar-refractivity contribution in [1.82, 2.24) is 9.88 Å². The Morgan fingerprint density at radius 2 is 2.08 bits per heavy atom. The fourth-order valence-corrected chi connectivity index (χ4v) is 4.22. The molecule has 1 amide bonds. The highest BCUT2D eigenvalue weighted by molar-refractivity contribution is 7.99. The second-order valence-electron chi connectivity index (χ2n) is 7.56. The van der Waals surface area contributed by atoms with Crippen LogP contribution in [0.5, 0.6) is 0 Å². The molecule has 1 aliphatic heterocycles. The first kappa shape index (κ1) is 17.9. The normalized spacial score (nSPS) is 18.5. The number of thioether (sulfide) groups is 1. The molecule has 2 N–H and O–H groups in total. The zero-order valence-electron chi connectivity index (χ0n) is 14.8. The van der Waals surface area contributed by atoms with E-state index in [9.17, 15) is 9.59 Å². The highest BCUT2D eigenvalue weighted by Crippen LogP contribution is 2.27. The molecule has 0 spiro atoms. The average Bonchev–Trinajstić information content (AvgIpc) is 2.96. The van der Waals surface area contributed by atoms with Crippen LogP contribution in [0.1, 0.15) is 43.2 Å². The fourth-order valence-electron chi connectivity index (χ4n) is 3.16. The quantitative estimate of drug-likeness (QED) is 0.879. The summed E-state index contributed by atoms with van der Waals surface area (Å²) in [6.07, 6.45) is -0.00680. The van der Waals surface area contributed by atoms with E-state index in [2.05, 4.69) is 37.9 Å². The minimum atomic E-state index is -0.864. The minimum absolute atomic E-state index is 0.00680. The van der Waals surface area contributed by atoms with Crippen molar-refractivity contribution in [3.63, 3.8) is 0 Å². The molecule has 3 rings (SSSR count). The first-order chi connectivity index (χ1) is 11.8. The molecule has 0 saturated carbocycles. The number of hydrogen-bond donors (Lipinski definition) is 2. The van der Waals surface area contributed by atoms with E-state index in [1.165, 1.54) is 5.56 Å². The second-order valence-corrected chi connectivity index (χ2v) is 8.71. The Morgan fingerprint density at radius 1 is 1.32 bits per heavy atom. The lowest BCUT2D eigenvalue weighted by Crippen LogP contribution is -2.47. The van der Waals surface area contributed by atoms with E-state index in [-0.39, 0.29) is 23.8 Å². The Hall–Kier alpha value is -1.95. The van der Waals surface area contributed by atoms with Crippen LogP contribution in [0.4, 0.5) is 0 Å². The van der Waals surface area contributed by atoms with Gasteiger partial charge in [0, 0.05) is 29.0 Å². The third-order valence-electron chi connectivity index (χ3n) is 4.62. The molecule has 6 heteroatoms. The highest BCUT2D eigenvalue weighted by Gasteiger charge is 2.30. The Labute approximate surface area is 151 Å². The molecule has 1 aromatic carbocycles. The molecular formula is C19H24N2O3S. The number of aromatic nitrogens is 1. The van der Waals surface area contributed by atoms with Crippen molar-refractivity contribution in [2.75, 3.05) is 18.1 Å². The van der Waals surface area contributed by atoms with Crippen LogP contribution in [-0.4, -0.2) is 51.0 Å². The molecule has 2 aromatic rings. The molecule has 0 bridgehead atoms. The molecule has 25 heavy (non-hydrogen) atoms. The number of rotatable bonds is 3. The number of benzene rings is 1. The largest absolute Gasteiger partial charge is 0.481 e. The van der Waals surface area contributed by atoms with Gasteiger partial charge in [-0.3, -0.25) is 9.59 Å². The van der Waals surface area contributed by atoms with E-state index in [1.807, 2.05) is 12.1 Å². The lowest BCUT2D eigenvalue weighted by molar-refractivity contribution is -0.138. The maximum atomic E-state index is 12.9. The van der Waals surface area contributed by atoms with Crippen LogP contribution in [0.3, 0.4) is 0 Å². The summed E-state index contributed by atoms with van der Waals surface area (Å²) in [6.45, 7) is 7.06. The molecule has 1 fully saturated rings. The summed E-state index contributed by atoms with van der Waals surface area (Å²) >= 11 is 1.70. The van der Waals surface area contributed by atoms with Crippen LogP contribution in [-0.2, 0) is 10.2 Å². The molecule has 2 heterocycles. The van der Waals surface area contributed by atoms with E-state index in [4.69, 9.17) is 5.11 Å². The molecule has 0 aliphatic carbocycles. The Balaban J connectivity index is 1.89. The van der Waals surface area contributed by atoms with Gasteiger partial charge in [0.15, 0.2) is 0 Å². The molecule has 1 saturated heterocycles. The van der Waals surface area contributed by atoms with Gasteiger partial charge >= 0.3 is 5.97 Å². The Kier molecular flexibility index (Phi) is 4.82. The second kappa shape index (κ2) is 6.75. The van der Waals surface area contributed by atoms with Crippen molar-refractivity contribution in [2.45, 2.75) is 38.6 Å². The van der Waals surface area contributed by atoms with Gasteiger partial charge in [-0.2, -0.15) is 11.8 Å². The number of carboxylic acids is 1. The number of nitrogens with zero attached hydrogens (tertiary/aromatic N) is 1. The average molecular weight is 360 g/mol. The molecule has 134 valence electrons. The third kappa shape index (κ3) is 3.84. The number of nitrogens with one attached hydrogen (secondary N) is 1. The van der Waals surface area contributed by atoms with Crippen LogP contribution >= 0.6 is 11.8 Å². The van der Waals surface area contributed by atoms with Gasteiger partial charge in [-0.05, 0) is 23.1 Å². The molecule has 5 nitrogen and oxygen atoms in total. The van der Waals surface area contributed by atoms with Gasteiger partial charge in [0.2, 0.25) is 0 Å². The summed E-state index contributed by atoms with van der Waals surface area (Å²) in [5.74, 6) is 0.541. The van der Waals surface area contributed by atoms with E-state index < -0.39 is 5.97 Å². The lowest BCUT2D eigenvalue weighted by Gasteiger charge is -2.34. The van der Waals surface area contributed by atoms with E-state index >= 15 is 0 Å². The van der Waals surface area contributed by atoms with E-state index in [1.54, 1.807) is 16.7 Å². The molecule has 1 aliphatic rings. The van der Waals surface area contributed by atoms with Crippen LogP contribution in [0.2, 0.25) is 0 Å². The number of hydrogen-bond acceptors (Lipinski definition) is 3. The summed E-state index contributed by atoms with van der Waals surface area (Å²) < 4.78 is 0. The number of carboxylic acid groups (broad SMARTS) is 1. The zero-order chi connectivity index (χ0) is 18.2. The monoisotopic (exact) mass is 360 g/mol.